The van der Waals surface area contributed by atoms with Crippen molar-refractivity contribution in [2.45, 2.75) is 0 Å². The van der Waals surface area contributed by atoms with Crippen molar-refractivity contribution in [3.8, 4) is 56.7 Å². The van der Waals surface area contributed by atoms with Crippen LogP contribution in [0.4, 0.5) is 0 Å². The molecule has 6 heteroatoms. The topological polar surface area (TPSA) is 48.5 Å². The van der Waals surface area contributed by atoms with Crippen LogP contribution < -0.4 is 0 Å². The third-order valence-corrected chi connectivity index (χ3v) is 13.6. The highest BCUT2D eigenvalue weighted by Gasteiger charge is 2.22. The predicted molar refractivity (Wildman–Crippen MR) is 263 cm³/mol. The minimum Gasteiger partial charge on any atom is -0.308 e. The maximum atomic E-state index is 5.45. The normalized spacial score (nSPS) is 11.8. The van der Waals surface area contributed by atoms with Crippen molar-refractivity contribution in [1.29, 1.82) is 0 Å². The van der Waals surface area contributed by atoms with E-state index in [2.05, 4.69) is 221 Å². The number of fused-ring (bicyclic) bond motifs is 9. The average Bonchev–Trinajstić information content (AvgIpc) is 4.01. The average molecular weight is 822 g/mol. The zero-order valence-electron chi connectivity index (χ0n) is 33.9. The van der Waals surface area contributed by atoms with E-state index in [0.29, 0.717) is 17.6 Å². The van der Waals surface area contributed by atoms with E-state index in [-0.39, 0.29) is 0 Å². The van der Waals surface area contributed by atoms with Gasteiger partial charge in [0.1, 0.15) is 0 Å². The Labute approximate surface area is 366 Å². The van der Waals surface area contributed by atoms with Gasteiger partial charge in [-0.1, -0.05) is 164 Å². The lowest BCUT2D eigenvalue weighted by molar-refractivity contribution is 0.952. The first-order valence-corrected chi connectivity index (χ1v) is 22.0. The van der Waals surface area contributed by atoms with Crippen LogP contribution in [0.3, 0.4) is 0 Å². The second kappa shape index (κ2) is 14.2. The highest BCUT2D eigenvalue weighted by atomic mass is 32.1. The fraction of sp³-hybridized carbons (Fsp3) is 0. The predicted octanol–water partition coefficient (Wildman–Crippen LogP) is 15.1. The van der Waals surface area contributed by atoms with Crippen LogP contribution in [0.2, 0.25) is 0 Å². The summed E-state index contributed by atoms with van der Waals surface area (Å²) in [5.41, 5.74) is 11.7. The Morgan fingerprint density at radius 1 is 0.302 bits per heavy atom. The Bertz CT molecular complexity index is 3810. The molecule has 0 spiro atoms. The molecule has 0 aliphatic rings. The van der Waals surface area contributed by atoms with E-state index in [1.165, 1.54) is 36.5 Å². The number of thiophene rings is 1. The molecule has 4 aromatic heterocycles. The largest absolute Gasteiger partial charge is 0.308 e. The van der Waals surface area contributed by atoms with Crippen LogP contribution in [0.15, 0.2) is 212 Å². The maximum Gasteiger partial charge on any atom is 0.238 e. The molecule has 9 aromatic carbocycles. The number of hydrogen-bond acceptors (Lipinski definition) is 4. The van der Waals surface area contributed by atoms with E-state index in [9.17, 15) is 0 Å². The maximum absolute atomic E-state index is 5.45. The van der Waals surface area contributed by atoms with Crippen molar-refractivity contribution in [2.75, 3.05) is 0 Å². The first kappa shape index (κ1) is 35.6. The molecule has 294 valence electrons. The summed E-state index contributed by atoms with van der Waals surface area (Å²) in [5, 5.41) is 7.28. The summed E-state index contributed by atoms with van der Waals surface area (Å²) in [6.07, 6.45) is 0. The van der Waals surface area contributed by atoms with Gasteiger partial charge in [-0.3, -0.25) is 4.57 Å². The molecule has 0 aliphatic carbocycles. The van der Waals surface area contributed by atoms with Crippen molar-refractivity contribution in [3.05, 3.63) is 212 Å². The zero-order valence-corrected chi connectivity index (χ0v) is 34.7. The van der Waals surface area contributed by atoms with Crippen LogP contribution in [0, 0.1) is 0 Å². The Kier molecular flexibility index (Phi) is 8.01. The molecule has 4 heterocycles. The molecule has 0 aliphatic heterocycles. The molecular formula is C57H35N5S. The number of benzene rings is 9. The van der Waals surface area contributed by atoms with Crippen molar-refractivity contribution in [3.63, 3.8) is 0 Å². The quantitative estimate of drug-likeness (QED) is 0.168. The standard InChI is InChI=1S/C57H35N5S/c1-2-14-36(15-3-1)39-31-33-47(52(34-39)61-48-21-9-4-16-41(48)42-17-5-10-22-49(42)61)56-58-55(59-57(60-56)62-50-23-11-6-18-43(50)44-19-7-12-24-51(44)62)38-28-26-37(27-29-38)40-30-32-46-45-20-8-13-25-53(45)63-54(46)35-40/h1-35H. The number of aromatic nitrogens is 5. The highest BCUT2D eigenvalue weighted by Crippen LogP contribution is 2.40. The Hall–Kier alpha value is -8.19. The molecule has 0 saturated carbocycles. The molecule has 5 nitrogen and oxygen atoms in total. The van der Waals surface area contributed by atoms with Gasteiger partial charge < -0.3 is 4.57 Å². The van der Waals surface area contributed by atoms with E-state index in [1.807, 2.05) is 11.3 Å². The summed E-state index contributed by atoms with van der Waals surface area (Å²) >= 11 is 1.84. The van der Waals surface area contributed by atoms with Crippen LogP contribution >= 0.6 is 11.3 Å². The van der Waals surface area contributed by atoms with E-state index in [0.717, 1.165) is 66.3 Å². The molecule has 0 atom stereocenters. The number of hydrogen-bond donors (Lipinski definition) is 0. The highest BCUT2D eigenvalue weighted by molar-refractivity contribution is 7.25. The summed E-state index contributed by atoms with van der Waals surface area (Å²) in [7, 11) is 0. The SMILES string of the molecule is c1ccc(-c2ccc(-c3nc(-c4ccc(-c5ccc6c(c5)sc5ccccc56)cc4)nc(-n4c5ccccc5c5ccccc54)n3)c(-n3c4ccccc4c4ccccc43)c2)cc1. The van der Waals surface area contributed by atoms with Crippen LogP contribution in [0.5, 0.6) is 0 Å². The van der Waals surface area contributed by atoms with Crippen molar-refractivity contribution in [1.82, 2.24) is 24.1 Å². The minimum atomic E-state index is 0.562. The summed E-state index contributed by atoms with van der Waals surface area (Å²) in [6.45, 7) is 0. The molecule has 13 aromatic rings. The summed E-state index contributed by atoms with van der Waals surface area (Å²) < 4.78 is 7.15. The third-order valence-electron chi connectivity index (χ3n) is 12.4. The molecule has 0 radical (unpaired) electrons. The second-order valence-electron chi connectivity index (χ2n) is 16.0. The zero-order chi connectivity index (χ0) is 41.4. The van der Waals surface area contributed by atoms with Crippen LogP contribution in [0.25, 0.3) is 120 Å². The lowest BCUT2D eigenvalue weighted by Crippen LogP contribution is -2.08. The summed E-state index contributed by atoms with van der Waals surface area (Å²) in [5.74, 6) is 1.75. The molecule has 0 unspecified atom stereocenters. The third kappa shape index (κ3) is 5.73. The molecule has 0 N–H and O–H groups in total. The van der Waals surface area contributed by atoms with Gasteiger partial charge in [0.05, 0.1) is 27.8 Å². The van der Waals surface area contributed by atoms with Gasteiger partial charge in [-0.25, -0.2) is 4.98 Å². The number of nitrogens with zero attached hydrogens (tertiary/aromatic N) is 5. The van der Waals surface area contributed by atoms with Gasteiger partial charge in [-0.15, -0.1) is 11.3 Å². The molecular weight excluding hydrogens is 787 g/mol. The molecule has 0 fully saturated rings. The fourth-order valence-electron chi connectivity index (χ4n) is 9.47. The van der Waals surface area contributed by atoms with Crippen LogP contribution in [-0.4, -0.2) is 24.1 Å². The molecule has 63 heavy (non-hydrogen) atoms. The molecule has 0 saturated heterocycles. The number of para-hydroxylation sites is 4. The van der Waals surface area contributed by atoms with E-state index < -0.39 is 0 Å². The molecule has 0 amide bonds. The Balaban J connectivity index is 1.04. The fourth-order valence-corrected chi connectivity index (χ4v) is 10.6. The first-order valence-electron chi connectivity index (χ1n) is 21.2. The molecule has 0 bridgehead atoms. The summed E-state index contributed by atoms with van der Waals surface area (Å²) in [4.78, 5) is 16.2. The summed E-state index contributed by atoms with van der Waals surface area (Å²) in [6, 6.07) is 75.6. The van der Waals surface area contributed by atoms with Crippen LogP contribution in [0.1, 0.15) is 0 Å². The van der Waals surface area contributed by atoms with E-state index >= 15 is 0 Å². The van der Waals surface area contributed by atoms with Gasteiger partial charge >= 0.3 is 0 Å². The Morgan fingerprint density at radius 2 is 0.762 bits per heavy atom. The van der Waals surface area contributed by atoms with Crippen LogP contribution in [-0.2, 0) is 0 Å². The van der Waals surface area contributed by atoms with Crippen molar-refractivity contribution < 1.29 is 0 Å². The van der Waals surface area contributed by atoms with E-state index in [4.69, 9.17) is 15.0 Å². The van der Waals surface area contributed by atoms with E-state index in [1.54, 1.807) is 0 Å². The van der Waals surface area contributed by atoms with Gasteiger partial charge in [0, 0.05) is 52.8 Å². The lowest BCUT2D eigenvalue weighted by Gasteiger charge is -2.17. The van der Waals surface area contributed by atoms with Gasteiger partial charge in [0.2, 0.25) is 5.95 Å². The van der Waals surface area contributed by atoms with Gasteiger partial charge in [-0.2, -0.15) is 9.97 Å². The number of rotatable bonds is 6. The van der Waals surface area contributed by atoms with Gasteiger partial charge in [-0.05, 0) is 70.8 Å². The monoisotopic (exact) mass is 821 g/mol. The first-order chi connectivity index (χ1) is 31.2. The van der Waals surface area contributed by atoms with Gasteiger partial charge in [0.15, 0.2) is 11.6 Å². The Morgan fingerprint density at radius 3 is 1.41 bits per heavy atom. The van der Waals surface area contributed by atoms with Gasteiger partial charge in [0.25, 0.3) is 0 Å². The molecule has 13 rings (SSSR count). The van der Waals surface area contributed by atoms with Crippen molar-refractivity contribution in [2.24, 2.45) is 0 Å². The van der Waals surface area contributed by atoms with Crippen molar-refractivity contribution >= 4 is 75.1 Å². The minimum absolute atomic E-state index is 0.562. The lowest BCUT2D eigenvalue weighted by atomic mass is 10.0. The smallest absolute Gasteiger partial charge is 0.238 e. The second-order valence-corrected chi connectivity index (χ2v) is 17.1.